The first-order valence-corrected chi connectivity index (χ1v) is 6.87. The summed E-state index contributed by atoms with van der Waals surface area (Å²) in [5.41, 5.74) is 2.66. The van der Waals surface area contributed by atoms with Gasteiger partial charge in [0.05, 0.1) is 5.69 Å². The third-order valence-electron chi connectivity index (χ3n) is 3.36. The van der Waals surface area contributed by atoms with Crippen molar-refractivity contribution in [2.24, 2.45) is 0 Å². The van der Waals surface area contributed by atoms with Gasteiger partial charge in [-0.15, -0.1) is 0 Å². The number of hydrogen-bond donors (Lipinski definition) is 0. The van der Waals surface area contributed by atoms with Crippen LogP contribution in [0.25, 0.3) is 0 Å². The SMILES string of the molecule is CCn1cc(CN(C)C(=O)c2ccnn2CC)c(C)n1. The van der Waals surface area contributed by atoms with Gasteiger partial charge in [0.15, 0.2) is 0 Å². The largest absolute Gasteiger partial charge is 0.336 e. The molecule has 2 rings (SSSR count). The quantitative estimate of drug-likeness (QED) is 0.834. The first-order valence-electron chi connectivity index (χ1n) is 6.87. The van der Waals surface area contributed by atoms with E-state index in [-0.39, 0.29) is 5.91 Å². The average Bonchev–Trinajstić information content (AvgIpc) is 3.04. The van der Waals surface area contributed by atoms with Gasteiger partial charge in [0.25, 0.3) is 5.91 Å². The highest BCUT2D eigenvalue weighted by Crippen LogP contribution is 2.11. The molecule has 2 aromatic rings. The van der Waals surface area contributed by atoms with E-state index >= 15 is 0 Å². The van der Waals surface area contributed by atoms with Crippen LogP contribution in [0.1, 0.15) is 35.6 Å². The molecule has 0 spiro atoms. The van der Waals surface area contributed by atoms with Crippen LogP contribution in [0.15, 0.2) is 18.5 Å². The molecular weight excluding hydrogens is 254 g/mol. The summed E-state index contributed by atoms with van der Waals surface area (Å²) in [6.07, 6.45) is 3.65. The number of carbonyl (C=O) groups excluding carboxylic acids is 1. The predicted molar refractivity (Wildman–Crippen MR) is 76.3 cm³/mol. The van der Waals surface area contributed by atoms with Crippen LogP contribution in [0.5, 0.6) is 0 Å². The van der Waals surface area contributed by atoms with Crippen molar-refractivity contribution in [3.63, 3.8) is 0 Å². The molecule has 0 bridgehead atoms. The zero-order chi connectivity index (χ0) is 14.7. The molecule has 2 aromatic heterocycles. The molecule has 0 atom stereocenters. The monoisotopic (exact) mass is 275 g/mol. The third-order valence-corrected chi connectivity index (χ3v) is 3.36. The Hall–Kier alpha value is -2.11. The third kappa shape index (κ3) is 2.74. The van der Waals surface area contributed by atoms with Gasteiger partial charge in [-0.05, 0) is 26.8 Å². The fourth-order valence-corrected chi connectivity index (χ4v) is 2.17. The fraction of sp³-hybridized carbons (Fsp3) is 0.500. The van der Waals surface area contributed by atoms with Crippen LogP contribution in [0.4, 0.5) is 0 Å². The molecule has 0 saturated heterocycles. The first kappa shape index (κ1) is 14.3. The van der Waals surface area contributed by atoms with Crippen molar-refractivity contribution in [2.75, 3.05) is 7.05 Å². The summed E-state index contributed by atoms with van der Waals surface area (Å²) in [5, 5.41) is 8.53. The van der Waals surface area contributed by atoms with Crippen LogP contribution in [0, 0.1) is 6.92 Å². The Bertz CT molecular complexity index is 598. The molecule has 108 valence electrons. The molecule has 0 fully saturated rings. The molecule has 0 aliphatic rings. The maximum atomic E-state index is 12.4. The lowest BCUT2D eigenvalue weighted by Gasteiger charge is -2.17. The zero-order valence-electron chi connectivity index (χ0n) is 12.5. The average molecular weight is 275 g/mol. The van der Waals surface area contributed by atoms with Crippen molar-refractivity contribution in [1.29, 1.82) is 0 Å². The predicted octanol–water partition coefficient (Wildman–Crippen LogP) is 1.70. The Labute approximate surface area is 119 Å². The van der Waals surface area contributed by atoms with Crippen LogP contribution >= 0.6 is 0 Å². The molecule has 0 radical (unpaired) electrons. The van der Waals surface area contributed by atoms with E-state index in [0.29, 0.717) is 18.8 Å². The van der Waals surface area contributed by atoms with Crippen molar-refractivity contribution in [1.82, 2.24) is 24.5 Å². The number of hydrogen-bond acceptors (Lipinski definition) is 3. The van der Waals surface area contributed by atoms with Gasteiger partial charge in [-0.2, -0.15) is 10.2 Å². The summed E-state index contributed by atoms with van der Waals surface area (Å²) in [6.45, 7) is 8.07. The van der Waals surface area contributed by atoms with Crippen LogP contribution < -0.4 is 0 Å². The Morgan fingerprint density at radius 1 is 1.35 bits per heavy atom. The van der Waals surface area contributed by atoms with Gasteiger partial charge in [-0.25, -0.2) is 0 Å². The molecule has 2 heterocycles. The van der Waals surface area contributed by atoms with Crippen molar-refractivity contribution in [3.05, 3.63) is 35.4 Å². The van der Waals surface area contributed by atoms with Crippen molar-refractivity contribution >= 4 is 5.91 Å². The van der Waals surface area contributed by atoms with Gasteiger partial charge in [-0.1, -0.05) is 0 Å². The minimum atomic E-state index is -0.0204. The molecule has 0 saturated carbocycles. The van der Waals surface area contributed by atoms with Crippen LogP contribution in [0.3, 0.4) is 0 Å². The lowest BCUT2D eigenvalue weighted by molar-refractivity contribution is 0.0772. The molecule has 0 unspecified atom stereocenters. The van der Waals surface area contributed by atoms with Crippen LogP contribution in [-0.4, -0.2) is 37.4 Å². The van der Waals surface area contributed by atoms with Crippen LogP contribution in [0.2, 0.25) is 0 Å². The van der Waals surface area contributed by atoms with Gasteiger partial charge >= 0.3 is 0 Å². The minimum Gasteiger partial charge on any atom is -0.336 e. The van der Waals surface area contributed by atoms with Crippen molar-refractivity contribution in [2.45, 2.75) is 40.4 Å². The molecule has 0 aliphatic heterocycles. The molecule has 0 aromatic carbocycles. The van der Waals surface area contributed by atoms with E-state index < -0.39 is 0 Å². The normalized spacial score (nSPS) is 10.8. The van der Waals surface area contributed by atoms with Crippen molar-refractivity contribution in [3.8, 4) is 0 Å². The number of nitrogens with zero attached hydrogens (tertiary/aromatic N) is 5. The molecular formula is C14H21N5O. The van der Waals surface area contributed by atoms with E-state index in [1.807, 2.05) is 31.6 Å². The number of amides is 1. The summed E-state index contributed by atoms with van der Waals surface area (Å²) >= 11 is 0. The molecule has 20 heavy (non-hydrogen) atoms. The van der Waals surface area contributed by atoms with Gasteiger partial charge in [0.2, 0.25) is 0 Å². The molecule has 0 N–H and O–H groups in total. The summed E-state index contributed by atoms with van der Waals surface area (Å²) in [7, 11) is 1.80. The zero-order valence-corrected chi connectivity index (χ0v) is 12.5. The second kappa shape index (κ2) is 5.90. The summed E-state index contributed by atoms with van der Waals surface area (Å²) in [4.78, 5) is 14.1. The first-order chi connectivity index (χ1) is 9.56. The van der Waals surface area contributed by atoms with E-state index in [1.54, 1.807) is 28.9 Å². The number of rotatable bonds is 5. The topological polar surface area (TPSA) is 56.0 Å². The van der Waals surface area contributed by atoms with Crippen LogP contribution in [-0.2, 0) is 19.6 Å². The van der Waals surface area contributed by atoms with Gasteiger partial charge in [0, 0.05) is 44.6 Å². The summed E-state index contributed by atoms with van der Waals surface area (Å²) in [6, 6.07) is 1.75. The van der Waals surface area contributed by atoms with Gasteiger partial charge in [0.1, 0.15) is 5.69 Å². The lowest BCUT2D eigenvalue weighted by Crippen LogP contribution is -2.28. The maximum absolute atomic E-state index is 12.4. The number of carbonyl (C=O) groups is 1. The summed E-state index contributed by atoms with van der Waals surface area (Å²) in [5.74, 6) is -0.0204. The smallest absolute Gasteiger partial charge is 0.272 e. The van der Waals surface area contributed by atoms with E-state index in [9.17, 15) is 4.79 Å². The Morgan fingerprint density at radius 2 is 2.10 bits per heavy atom. The lowest BCUT2D eigenvalue weighted by atomic mass is 10.2. The molecule has 6 nitrogen and oxygen atoms in total. The number of aromatic nitrogens is 4. The van der Waals surface area contributed by atoms with E-state index in [0.717, 1.165) is 17.8 Å². The van der Waals surface area contributed by atoms with E-state index in [2.05, 4.69) is 10.2 Å². The Morgan fingerprint density at radius 3 is 2.70 bits per heavy atom. The molecule has 0 aliphatic carbocycles. The molecule has 1 amide bonds. The number of aryl methyl sites for hydroxylation is 3. The highest BCUT2D eigenvalue weighted by Gasteiger charge is 2.17. The maximum Gasteiger partial charge on any atom is 0.272 e. The highest BCUT2D eigenvalue weighted by atomic mass is 16.2. The Balaban J connectivity index is 2.13. The van der Waals surface area contributed by atoms with Gasteiger partial charge in [-0.3, -0.25) is 14.2 Å². The van der Waals surface area contributed by atoms with E-state index in [1.165, 1.54) is 0 Å². The summed E-state index contributed by atoms with van der Waals surface area (Å²) < 4.78 is 3.60. The fourth-order valence-electron chi connectivity index (χ4n) is 2.17. The van der Waals surface area contributed by atoms with E-state index in [4.69, 9.17) is 0 Å². The van der Waals surface area contributed by atoms with Gasteiger partial charge < -0.3 is 4.90 Å². The Kier molecular flexibility index (Phi) is 4.22. The highest BCUT2D eigenvalue weighted by molar-refractivity contribution is 5.92. The standard InChI is InChI=1S/C14H21N5O/c1-5-18-10-12(11(3)16-18)9-17(4)14(20)13-7-8-15-19(13)6-2/h7-8,10H,5-6,9H2,1-4H3. The minimum absolute atomic E-state index is 0.0204. The second-order valence-corrected chi connectivity index (χ2v) is 4.79. The van der Waals surface area contributed by atoms with Crippen molar-refractivity contribution < 1.29 is 4.79 Å². The molecule has 6 heteroatoms. The second-order valence-electron chi connectivity index (χ2n) is 4.79.